The molecule has 2 unspecified atom stereocenters. The molecular weight excluding hydrogens is 699 g/mol. The fourth-order valence-electron chi connectivity index (χ4n) is 12.8. The predicted molar refractivity (Wildman–Crippen MR) is 245 cm³/mol. The monoisotopic (exact) mass is 753 g/mol. The molecule has 4 saturated carbocycles. The first-order valence-corrected chi connectivity index (χ1v) is 21.8. The summed E-state index contributed by atoms with van der Waals surface area (Å²) in [5.41, 5.74) is 16.5. The normalized spacial score (nSPS) is 24.1. The number of hydrogen-bond donors (Lipinski definition) is 0. The Morgan fingerprint density at radius 2 is 0.862 bits per heavy atom. The van der Waals surface area contributed by atoms with Gasteiger partial charge >= 0.3 is 0 Å². The predicted octanol–water partition coefficient (Wildman–Crippen LogP) is 15.6. The first-order chi connectivity index (χ1) is 28.0. The minimum Gasteiger partial charge on any atom is -0.309 e. The highest BCUT2D eigenvalue weighted by Crippen LogP contribution is 2.93. The van der Waals surface area contributed by atoms with E-state index in [1.165, 1.54) is 98.0 Å². The Bertz CT molecular complexity index is 2590. The van der Waals surface area contributed by atoms with Gasteiger partial charge in [0.1, 0.15) is 0 Å². The smallest absolute Gasteiger partial charge is 0.0540 e. The molecule has 0 amide bonds. The summed E-state index contributed by atoms with van der Waals surface area (Å²) >= 11 is 0. The van der Waals surface area contributed by atoms with Crippen LogP contribution in [-0.2, 0) is 16.2 Å². The highest BCUT2D eigenvalue weighted by atomic mass is 15.1. The summed E-state index contributed by atoms with van der Waals surface area (Å²) in [6.45, 7) is 13.8. The quantitative estimate of drug-likeness (QED) is 0.157. The number of fused-ring (bicyclic) bond motifs is 1. The summed E-state index contributed by atoms with van der Waals surface area (Å²) in [6.07, 6.45) is 5.71. The Balaban J connectivity index is 1.14. The summed E-state index contributed by atoms with van der Waals surface area (Å²) in [5.74, 6) is 2.87. The van der Waals surface area contributed by atoms with Gasteiger partial charge in [-0.3, -0.25) is 0 Å². The maximum Gasteiger partial charge on any atom is 0.0540 e. The molecular formula is C57H55N. The van der Waals surface area contributed by atoms with Crippen molar-refractivity contribution in [1.82, 2.24) is 0 Å². The lowest BCUT2D eigenvalue weighted by molar-refractivity contribution is -0.394. The van der Waals surface area contributed by atoms with Crippen molar-refractivity contribution >= 4 is 27.8 Å². The van der Waals surface area contributed by atoms with Gasteiger partial charge in [0, 0.05) is 22.1 Å². The Morgan fingerprint density at radius 3 is 1.33 bits per heavy atom. The van der Waals surface area contributed by atoms with Gasteiger partial charge in [0.05, 0.1) is 17.1 Å². The van der Waals surface area contributed by atoms with Crippen molar-refractivity contribution in [2.75, 3.05) is 4.90 Å². The lowest BCUT2D eigenvalue weighted by Crippen LogP contribution is -2.87. The van der Waals surface area contributed by atoms with E-state index in [1.54, 1.807) is 5.56 Å². The molecule has 0 saturated heterocycles. The molecule has 0 aromatic heterocycles. The van der Waals surface area contributed by atoms with Gasteiger partial charge < -0.3 is 4.90 Å². The van der Waals surface area contributed by atoms with E-state index in [0.29, 0.717) is 10.8 Å². The molecule has 0 aliphatic heterocycles. The van der Waals surface area contributed by atoms with Crippen LogP contribution in [-0.4, -0.2) is 0 Å². The molecule has 4 aliphatic carbocycles. The molecule has 4 fully saturated rings. The Morgan fingerprint density at radius 1 is 0.431 bits per heavy atom. The number of para-hydroxylation sites is 3. The molecule has 11 rings (SSSR count). The van der Waals surface area contributed by atoms with Crippen LogP contribution in [0.1, 0.15) is 83.9 Å². The highest BCUT2D eigenvalue weighted by molar-refractivity contribution is 6.05. The van der Waals surface area contributed by atoms with E-state index in [9.17, 15) is 0 Å². The van der Waals surface area contributed by atoms with Crippen molar-refractivity contribution in [3.05, 3.63) is 174 Å². The zero-order valence-corrected chi connectivity index (χ0v) is 35.0. The summed E-state index contributed by atoms with van der Waals surface area (Å²) in [6, 6.07) is 60.1. The van der Waals surface area contributed by atoms with Crippen LogP contribution >= 0.6 is 0 Å². The SMILES string of the molecule is CC(C)(C)c1ccc(-c2ccccc2N(c2ccccc2-c2ccc(C(C)(C)C)cc2)c2ccccc2-c2cccc3cccc(C45CC6CC7CC(C4)C765)c23)cc1. The topological polar surface area (TPSA) is 3.24 Å². The fourth-order valence-corrected chi connectivity index (χ4v) is 12.8. The van der Waals surface area contributed by atoms with Gasteiger partial charge in [-0.25, -0.2) is 0 Å². The molecule has 0 N–H and O–H groups in total. The van der Waals surface area contributed by atoms with Crippen LogP contribution in [0.25, 0.3) is 44.2 Å². The lowest BCUT2D eigenvalue weighted by Gasteiger charge is -2.91. The second-order valence-corrected chi connectivity index (χ2v) is 20.2. The van der Waals surface area contributed by atoms with E-state index >= 15 is 0 Å². The first-order valence-electron chi connectivity index (χ1n) is 21.8. The lowest BCUT2D eigenvalue weighted by atomic mass is 9.12. The second-order valence-electron chi connectivity index (χ2n) is 20.2. The Labute approximate surface area is 345 Å². The zero-order chi connectivity index (χ0) is 39.6. The fraction of sp³-hybridized carbons (Fsp3) is 0.298. The van der Waals surface area contributed by atoms with Crippen molar-refractivity contribution < 1.29 is 0 Å². The van der Waals surface area contributed by atoms with Crippen LogP contribution in [0.15, 0.2) is 158 Å². The molecule has 7 aromatic rings. The third-order valence-electron chi connectivity index (χ3n) is 15.5. The molecule has 1 heteroatoms. The van der Waals surface area contributed by atoms with Crippen LogP contribution in [0.2, 0.25) is 0 Å². The molecule has 1 nitrogen and oxygen atoms in total. The highest BCUT2D eigenvalue weighted by Gasteiger charge is 2.87. The van der Waals surface area contributed by atoms with E-state index in [-0.39, 0.29) is 10.8 Å². The Hall–Kier alpha value is -5.40. The molecule has 7 aromatic carbocycles. The minimum atomic E-state index is 0.0833. The molecule has 1 spiro atoms. The number of hydrogen-bond acceptors (Lipinski definition) is 1. The molecule has 58 heavy (non-hydrogen) atoms. The molecule has 0 bridgehead atoms. The van der Waals surface area contributed by atoms with E-state index < -0.39 is 0 Å². The number of benzene rings is 7. The van der Waals surface area contributed by atoms with Crippen molar-refractivity contribution in [3.63, 3.8) is 0 Å². The summed E-state index contributed by atoms with van der Waals surface area (Å²) in [5, 5.41) is 2.83. The van der Waals surface area contributed by atoms with Crippen molar-refractivity contribution in [2.45, 2.75) is 83.5 Å². The second kappa shape index (κ2) is 12.6. The van der Waals surface area contributed by atoms with Gasteiger partial charge in [-0.15, -0.1) is 0 Å². The maximum atomic E-state index is 2.57. The van der Waals surface area contributed by atoms with Crippen LogP contribution in [0.5, 0.6) is 0 Å². The summed E-state index contributed by atoms with van der Waals surface area (Å²) in [4.78, 5) is 2.57. The van der Waals surface area contributed by atoms with Gasteiger partial charge in [-0.1, -0.05) is 181 Å². The number of anilines is 3. The van der Waals surface area contributed by atoms with E-state index in [4.69, 9.17) is 0 Å². The maximum absolute atomic E-state index is 2.57. The van der Waals surface area contributed by atoms with Gasteiger partial charge in [0.15, 0.2) is 0 Å². The standard InChI is InChI=1S/C57H55N/c1-54(2,3)40-29-25-37(26-30-40)45-17-7-10-22-50(45)58(51-23-11-8-18-46(51)38-27-31-41(32-28-38)55(4,5)6)52-24-12-9-19-47(52)48-20-13-15-39-16-14-21-49(53(39)48)56-35-43-33-42-34-44(36-56)57(42,43)56/h7-32,42-44H,33-36H2,1-6H3. The number of rotatable bonds is 7. The van der Waals surface area contributed by atoms with Crippen molar-refractivity contribution in [2.24, 2.45) is 23.2 Å². The van der Waals surface area contributed by atoms with Gasteiger partial charge in [-0.2, -0.15) is 0 Å². The average molecular weight is 754 g/mol. The van der Waals surface area contributed by atoms with Crippen LogP contribution in [0.3, 0.4) is 0 Å². The summed E-state index contributed by atoms with van der Waals surface area (Å²) < 4.78 is 0. The first kappa shape index (κ1) is 35.7. The molecule has 288 valence electrons. The van der Waals surface area contributed by atoms with Gasteiger partial charge in [-0.05, 0) is 122 Å². The summed E-state index contributed by atoms with van der Waals surface area (Å²) in [7, 11) is 0. The van der Waals surface area contributed by atoms with Gasteiger partial charge in [0.25, 0.3) is 0 Å². The van der Waals surface area contributed by atoms with E-state index in [1.807, 2.05) is 0 Å². The third kappa shape index (κ3) is 4.95. The van der Waals surface area contributed by atoms with Gasteiger partial charge in [0.2, 0.25) is 0 Å². The van der Waals surface area contributed by atoms with Crippen molar-refractivity contribution in [1.29, 1.82) is 0 Å². The van der Waals surface area contributed by atoms with Crippen LogP contribution in [0, 0.1) is 23.2 Å². The largest absolute Gasteiger partial charge is 0.309 e. The van der Waals surface area contributed by atoms with Crippen LogP contribution < -0.4 is 4.90 Å². The Kier molecular flexibility index (Phi) is 7.73. The zero-order valence-electron chi connectivity index (χ0n) is 35.0. The molecule has 4 aliphatic rings. The molecule has 2 atom stereocenters. The number of nitrogens with zero attached hydrogens (tertiary/aromatic N) is 1. The minimum absolute atomic E-state index is 0.0833. The molecule has 0 heterocycles. The third-order valence-corrected chi connectivity index (χ3v) is 15.5. The molecule has 0 radical (unpaired) electrons. The van der Waals surface area contributed by atoms with E-state index in [0.717, 1.165) is 17.8 Å². The average Bonchev–Trinajstić information content (AvgIpc) is 3.20. The van der Waals surface area contributed by atoms with Crippen LogP contribution in [0.4, 0.5) is 17.1 Å². The van der Waals surface area contributed by atoms with E-state index in [2.05, 4.69) is 204 Å². The van der Waals surface area contributed by atoms with Crippen molar-refractivity contribution in [3.8, 4) is 33.4 Å².